The van der Waals surface area contributed by atoms with Gasteiger partial charge in [-0.05, 0) is 73.0 Å². The Labute approximate surface area is 163 Å². The Morgan fingerprint density at radius 3 is 2.59 bits per heavy atom. The second kappa shape index (κ2) is 6.35. The number of fused-ring (bicyclic) bond motifs is 1. The lowest BCUT2D eigenvalue weighted by Gasteiger charge is -2.60. The molecule has 0 bridgehead atoms. The highest BCUT2D eigenvalue weighted by atomic mass is 16.5. The minimum atomic E-state index is -0.360. The van der Waals surface area contributed by atoms with Crippen LogP contribution in [0.2, 0.25) is 0 Å². The number of ether oxygens (including phenoxy) is 1. The first-order chi connectivity index (χ1) is 12.7. The zero-order valence-corrected chi connectivity index (χ0v) is 17.2. The number of amides is 1. The molecule has 0 radical (unpaired) electrons. The van der Waals surface area contributed by atoms with Gasteiger partial charge < -0.3 is 10.5 Å². The van der Waals surface area contributed by atoms with E-state index in [9.17, 15) is 9.59 Å². The number of carbonyl (C=O) groups is 2. The molecule has 3 saturated carbocycles. The van der Waals surface area contributed by atoms with Crippen molar-refractivity contribution in [1.82, 2.24) is 0 Å². The summed E-state index contributed by atoms with van der Waals surface area (Å²) in [6.45, 7) is 7.77. The molecule has 3 aliphatic carbocycles. The highest BCUT2D eigenvalue weighted by Gasteiger charge is 2.63. The van der Waals surface area contributed by atoms with Gasteiger partial charge in [-0.15, -0.1) is 0 Å². The van der Waals surface area contributed by atoms with Crippen LogP contribution in [0.5, 0.6) is 0 Å². The maximum Gasteiger partial charge on any atom is 0.334 e. The number of cyclic esters (lactones) is 1. The number of primary amides is 1. The van der Waals surface area contributed by atoms with Gasteiger partial charge in [-0.2, -0.15) is 0 Å². The Morgan fingerprint density at radius 2 is 1.93 bits per heavy atom. The highest BCUT2D eigenvalue weighted by molar-refractivity contribution is 5.92. The second-order valence-corrected chi connectivity index (χ2v) is 10.7. The summed E-state index contributed by atoms with van der Waals surface area (Å²) in [5, 5.41) is 0. The largest absolute Gasteiger partial charge is 0.462 e. The fraction of sp³-hybridized carbons (Fsp3) is 0.826. The Hall–Kier alpha value is -1.32. The minimum absolute atomic E-state index is 0.153. The summed E-state index contributed by atoms with van der Waals surface area (Å²) in [6, 6.07) is 0. The summed E-state index contributed by atoms with van der Waals surface area (Å²) in [6.07, 6.45) is 12.6. The number of esters is 1. The average Bonchev–Trinajstić information content (AvgIpc) is 3.25. The van der Waals surface area contributed by atoms with Crippen LogP contribution in [0, 0.1) is 34.0 Å². The van der Waals surface area contributed by atoms with E-state index in [-0.39, 0.29) is 24.2 Å². The molecule has 4 rings (SSSR count). The molecule has 0 aromatic rings. The average molecular weight is 374 g/mol. The molecule has 1 aliphatic heterocycles. The van der Waals surface area contributed by atoms with Gasteiger partial charge in [-0.25, -0.2) is 4.79 Å². The second-order valence-electron chi connectivity index (χ2n) is 10.7. The van der Waals surface area contributed by atoms with E-state index in [0.717, 1.165) is 12.3 Å². The zero-order valence-electron chi connectivity index (χ0n) is 17.2. The van der Waals surface area contributed by atoms with Crippen LogP contribution in [-0.2, 0) is 14.3 Å². The molecule has 0 unspecified atom stereocenters. The third-order valence-electron chi connectivity index (χ3n) is 8.75. The quantitative estimate of drug-likeness (QED) is 0.587. The third-order valence-corrected chi connectivity index (χ3v) is 8.75. The van der Waals surface area contributed by atoms with Crippen molar-refractivity contribution in [2.45, 2.75) is 78.6 Å². The smallest absolute Gasteiger partial charge is 0.334 e. The Morgan fingerprint density at radius 1 is 1.19 bits per heavy atom. The number of hydrogen-bond acceptors (Lipinski definition) is 3. The van der Waals surface area contributed by atoms with Crippen LogP contribution in [0.25, 0.3) is 0 Å². The van der Waals surface area contributed by atoms with Gasteiger partial charge >= 0.3 is 5.97 Å². The predicted molar refractivity (Wildman–Crippen MR) is 105 cm³/mol. The van der Waals surface area contributed by atoms with Gasteiger partial charge in [-0.3, -0.25) is 4.79 Å². The van der Waals surface area contributed by atoms with Gasteiger partial charge in [0, 0.05) is 17.9 Å². The third kappa shape index (κ3) is 3.13. The molecule has 27 heavy (non-hydrogen) atoms. The standard InChI is InChI=1S/C23H35NO3/c1-21(2)8-4-9-22(3)17(21)7-10-23(11-12-23)18(22)6-5-16-15(13-19(24)25)14-27-20(16)26/h5,15,17-18H,4,6-14H2,1-3H3,(H2,24,25)/b16-5-/t15-,17+,18-,22+/m1/s1. The highest BCUT2D eigenvalue weighted by Crippen LogP contribution is 2.72. The van der Waals surface area contributed by atoms with E-state index in [1.807, 2.05) is 0 Å². The van der Waals surface area contributed by atoms with Crippen LogP contribution in [0.15, 0.2) is 11.6 Å². The molecule has 2 N–H and O–H groups in total. The van der Waals surface area contributed by atoms with Crippen molar-refractivity contribution in [3.63, 3.8) is 0 Å². The van der Waals surface area contributed by atoms with Gasteiger partial charge in [0.05, 0.1) is 6.61 Å². The van der Waals surface area contributed by atoms with E-state index in [4.69, 9.17) is 10.5 Å². The first kappa shape index (κ1) is 19.0. The summed E-state index contributed by atoms with van der Waals surface area (Å²) >= 11 is 0. The molecule has 4 aliphatic rings. The molecule has 1 spiro atoms. The van der Waals surface area contributed by atoms with E-state index < -0.39 is 0 Å². The van der Waals surface area contributed by atoms with Crippen LogP contribution in [0.4, 0.5) is 0 Å². The Bertz CT molecular complexity index is 675. The van der Waals surface area contributed by atoms with Gasteiger partial charge in [0.25, 0.3) is 0 Å². The van der Waals surface area contributed by atoms with Crippen molar-refractivity contribution in [2.24, 2.45) is 39.7 Å². The summed E-state index contributed by atoms with van der Waals surface area (Å²) in [5.41, 5.74) is 7.34. The van der Waals surface area contributed by atoms with E-state index in [1.54, 1.807) is 0 Å². The molecule has 4 heteroatoms. The summed E-state index contributed by atoms with van der Waals surface area (Å²) < 4.78 is 5.24. The lowest BCUT2D eigenvalue weighted by Crippen LogP contribution is -2.52. The fourth-order valence-electron chi connectivity index (χ4n) is 7.31. The van der Waals surface area contributed by atoms with Crippen molar-refractivity contribution >= 4 is 11.9 Å². The summed E-state index contributed by atoms with van der Waals surface area (Å²) in [7, 11) is 0. The lowest BCUT2D eigenvalue weighted by atomic mass is 9.45. The number of carbonyl (C=O) groups excluding carboxylic acids is 2. The molecule has 0 aromatic heterocycles. The van der Waals surface area contributed by atoms with Crippen LogP contribution >= 0.6 is 0 Å². The van der Waals surface area contributed by atoms with Gasteiger partial charge in [-0.1, -0.05) is 33.3 Å². The van der Waals surface area contributed by atoms with Crippen molar-refractivity contribution in [1.29, 1.82) is 0 Å². The van der Waals surface area contributed by atoms with E-state index >= 15 is 0 Å². The van der Waals surface area contributed by atoms with Crippen molar-refractivity contribution in [2.75, 3.05) is 6.61 Å². The molecule has 1 heterocycles. The lowest BCUT2D eigenvalue weighted by molar-refractivity contribution is -0.135. The fourth-order valence-corrected chi connectivity index (χ4v) is 7.31. The number of allylic oxidation sites excluding steroid dienone is 1. The van der Waals surface area contributed by atoms with Gasteiger partial charge in [0.2, 0.25) is 5.91 Å². The molecule has 1 amide bonds. The van der Waals surface area contributed by atoms with E-state index in [2.05, 4.69) is 26.8 Å². The zero-order chi connectivity index (χ0) is 19.4. The van der Waals surface area contributed by atoms with E-state index in [1.165, 1.54) is 44.9 Å². The number of hydrogen-bond donors (Lipinski definition) is 1. The molecule has 150 valence electrons. The van der Waals surface area contributed by atoms with E-state index in [0.29, 0.717) is 34.3 Å². The first-order valence-corrected chi connectivity index (χ1v) is 10.8. The summed E-state index contributed by atoms with van der Waals surface area (Å²) in [5.74, 6) is 0.651. The molecule has 0 aromatic carbocycles. The molecule has 4 fully saturated rings. The Balaban J connectivity index is 1.61. The normalized spacial score (nSPS) is 40.6. The minimum Gasteiger partial charge on any atom is -0.462 e. The van der Waals surface area contributed by atoms with Crippen molar-refractivity contribution in [3.8, 4) is 0 Å². The summed E-state index contributed by atoms with van der Waals surface area (Å²) in [4.78, 5) is 23.6. The monoisotopic (exact) mass is 373 g/mol. The predicted octanol–water partition coefficient (Wildman–Crippen LogP) is 4.37. The first-order valence-electron chi connectivity index (χ1n) is 10.8. The Kier molecular flexibility index (Phi) is 4.47. The number of nitrogens with two attached hydrogens (primary N) is 1. The van der Waals surface area contributed by atoms with Crippen LogP contribution < -0.4 is 5.73 Å². The molecular weight excluding hydrogens is 338 g/mol. The van der Waals surface area contributed by atoms with Gasteiger partial charge in [0.15, 0.2) is 0 Å². The van der Waals surface area contributed by atoms with Crippen LogP contribution in [0.3, 0.4) is 0 Å². The van der Waals surface area contributed by atoms with Crippen molar-refractivity contribution < 1.29 is 14.3 Å². The maximum atomic E-state index is 12.2. The van der Waals surface area contributed by atoms with Gasteiger partial charge in [0.1, 0.15) is 0 Å². The maximum absolute atomic E-state index is 12.2. The van der Waals surface area contributed by atoms with Crippen LogP contribution in [0.1, 0.15) is 78.6 Å². The topological polar surface area (TPSA) is 69.4 Å². The molecular formula is C23H35NO3. The van der Waals surface area contributed by atoms with Crippen molar-refractivity contribution in [3.05, 3.63) is 11.6 Å². The molecule has 1 saturated heterocycles. The SMILES string of the molecule is CC1(C)CCC[C@@]2(C)[C@H]1CCC1(CC1)[C@@H]2C/C=C1\C(=O)OC[C@H]1CC(N)=O. The number of rotatable bonds is 4. The van der Waals surface area contributed by atoms with Crippen LogP contribution in [-0.4, -0.2) is 18.5 Å². The molecule has 4 atom stereocenters. The molecule has 4 nitrogen and oxygen atoms in total.